The van der Waals surface area contributed by atoms with Gasteiger partial charge < -0.3 is 78.5 Å². The van der Waals surface area contributed by atoms with E-state index in [0.717, 1.165) is 0 Å². The van der Waals surface area contributed by atoms with Crippen LogP contribution in [0.3, 0.4) is 0 Å². The van der Waals surface area contributed by atoms with Crippen molar-refractivity contribution >= 4 is 5.78 Å². The molecule has 2 fully saturated rings. The lowest BCUT2D eigenvalue weighted by molar-refractivity contribution is -0.308. The second-order valence-corrected chi connectivity index (χ2v) is 11.4. The number of aliphatic hydroxyl groups excluding tert-OH is 4. The fourth-order valence-corrected chi connectivity index (χ4v) is 5.72. The van der Waals surface area contributed by atoms with Gasteiger partial charge in [-0.2, -0.15) is 0 Å². The zero-order valence-corrected chi connectivity index (χ0v) is 23.5. The molecule has 0 aromatic carbocycles. The van der Waals surface area contributed by atoms with E-state index in [0.29, 0.717) is 12.2 Å². The van der Waals surface area contributed by atoms with Crippen LogP contribution in [0.5, 0.6) is 0 Å². The normalized spacial score (nSPS) is 43.1. The van der Waals surface area contributed by atoms with Crippen LogP contribution < -0.4 is 34.0 Å². The van der Waals surface area contributed by atoms with Gasteiger partial charge in [-0.1, -0.05) is 0 Å². The Morgan fingerprint density at radius 3 is 2.49 bits per heavy atom. The molecule has 0 amide bonds. The molecular weight excluding hydrogens is 544 g/mol. The van der Waals surface area contributed by atoms with Crippen molar-refractivity contribution in [2.45, 2.75) is 111 Å². The lowest BCUT2D eigenvalue weighted by Gasteiger charge is -2.52. The highest BCUT2D eigenvalue weighted by Gasteiger charge is 2.59. The summed E-state index contributed by atoms with van der Waals surface area (Å²) in [5.74, 6) is -0.510. The molecule has 1 unspecified atom stereocenters. The maximum atomic E-state index is 13.4. The molecule has 238 valence electrons. The summed E-state index contributed by atoms with van der Waals surface area (Å²) in [6.07, 6.45) is -8.23. The summed E-state index contributed by atoms with van der Waals surface area (Å²) in [7, 11) is 1.53. The van der Waals surface area contributed by atoms with Crippen LogP contribution >= 0.6 is 0 Å². The Labute approximate surface area is 239 Å². The monoisotopic (exact) mass is 592 g/mol. The summed E-state index contributed by atoms with van der Waals surface area (Å²) in [6.45, 7) is 1.04. The Morgan fingerprint density at radius 2 is 1.88 bits per heavy atom. The van der Waals surface area contributed by atoms with Crippen molar-refractivity contribution in [1.29, 1.82) is 0 Å². The number of hydrogen-bond donors (Lipinski definition) is 11. The SMILES string of the molecule is CN[C@@H]1[C@@H](O)[C@@H](O[C@@H]2[C@@H](O)[C@H](O[C@H]3OC(C(N)CCO)=CC[C@H]3N)[C@@H](N)C[C@]2(N)C(=O)[C@@H](O)CCN)OC[C@]1(C)O. The highest BCUT2D eigenvalue weighted by molar-refractivity contribution is 5.93. The highest BCUT2D eigenvalue weighted by Crippen LogP contribution is 2.37. The number of carbonyl (C=O) groups excluding carboxylic acids is 1. The largest absolute Gasteiger partial charge is 0.466 e. The molecule has 0 aromatic heterocycles. The highest BCUT2D eigenvalue weighted by atomic mass is 16.7. The molecule has 3 rings (SSSR count). The zero-order chi connectivity index (χ0) is 30.7. The van der Waals surface area contributed by atoms with E-state index >= 15 is 0 Å². The second-order valence-electron chi connectivity index (χ2n) is 11.4. The molecule has 41 heavy (non-hydrogen) atoms. The fraction of sp³-hybridized carbons (Fsp3) is 0.880. The molecule has 16 nitrogen and oxygen atoms in total. The van der Waals surface area contributed by atoms with Gasteiger partial charge >= 0.3 is 0 Å². The van der Waals surface area contributed by atoms with Gasteiger partial charge in [-0.3, -0.25) is 4.79 Å². The minimum Gasteiger partial charge on any atom is -0.466 e. The molecule has 1 saturated carbocycles. The van der Waals surface area contributed by atoms with Crippen LogP contribution in [-0.4, -0.2) is 137 Å². The van der Waals surface area contributed by atoms with Crippen LogP contribution in [0.4, 0.5) is 0 Å². The minimum atomic E-state index is -2.05. The van der Waals surface area contributed by atoms with Crippen molar-refractivity contribution in [3.8, 4) is 0 Å². The third-order valence-corrected chi connectivity index (χ3v) is 8.06. The molecule has 13 atom stereocenters. The van der Waals surface area contributed by atoms with Crippen LogP contribution in [0.2, 0.25) is 0 Å². The van der Waals surface area contributed by atoms with Crippen LogP contribution in [0.15, 0.2) is 11.8 Å². The van der Waals surface area contributed by atoms with E-state index in [1.54, 1.807) is 6.08 Å². The molecule has 3 aliphatic rings. The number of carbonyl (C=O) groups is 1. The first-order valence-electron chi connectivity index (χ1n) is 13.9. The van der Waals surface area contributed by atoms with Crippen molar-refractivity contribution < 1.29 is 49.3 Å². The number of hydrogen-bond acceptors (Lipinski definition) is 16. The van der Waals surface area contributed by atoms with Gasteiger partial charge in [-0.25, -0.2) is 0 Å². The van der Waals surface area contributed by atoms with Crippen LogP contribution in [0.25, 0.3) is 0 Å². The maximum Gasteiger partial charge on any atom is 0.215 e. The molecule has 0 radical (unpaired) electrons. The fourth-order valence-electron chi connectivity index (χ4n) is 5.72. The van der Waals surface area contributed by atoms with Gasteiger partial charge in [-0.15, -0.1) is 0 Å². The first-order valence-corrected chi connectivity index (χ1v) is 13.9. The smallest absolute Gasteiger partial charge is 0.215 e. The predicted molar refractivity (Wildman–Crippen MR) is 144 cm³/mol. The average Bonchev–Trinajstić information content (AvgIpc) is 2.90. The Hall–Kier alpha value is -1.35. The minimum absolute atomic E-state index is 0.0105. The molecule has 0 aromatic rings. The Kier molecular flexibility index (Phi) is 11.6. The van der Waals surface area contributed by atoms with Gasteiger partial charge in [0, 0.05) is 12.6 Å². The number of rotatable bonds is 12. The van der Waals surface area contributed by atoms with Crippen LogP contribution in [0, 0.1) is 0 Å². The first-order chi connectivity index (χ1) is 19.2. The summed E-state index contributed by atoms with van der Waals surface area (Å²) >= 11 is 0. The van der Waals surface area contributed by atoms with Crippen molar-refractivity contribution in [3.05, 3.63) is 11.8 Å². The van der Waals surface area contributed by atoms with Crippen LogP contribution in [-0.2, 0) is 23.7 Å². The maximum absolute atomic E-state index is 13.4. The van der Waals surface area contributed by atoms with Gasteiger partial charge in [0.1, 0.15) is 47.4 Å². The predicted octanol–water partition coefficient (Wildman–Crippen LogP) is -5.45. The quantitative estimate of drug-likeness (QED) is 0.101. The Morgan fingerprint density at radius 1 is 1.20 bits per heavy atom. The lowest BCUT2D eigenvalue weighted by Crippen LogP contribution is -2.75. The summed E-state index contributed by atoms with van der Waals surface area (Å²) in [4.78, 5) is 13.4. The summed E-state index contributed by atoms with van der Waals surface area (Å²) in [6, 6.07) is -3.23. The Balaban J connectivity index is 1.90. The zero-order valence-electron chi connectivity index (χ0n) is 23.5. The van der Waals surface area contributed by atoms with Crippen molar-refractivity contribution in [3.63, 3.8) is 0 Å². The van der Waals surface area contributed by atoms with E-state index in [-0.39, 0.29) is 39.0 Å². The molecule has 1 aliphatic carbocycles. The lowest BCUT2D eigenvalue weighted by atomic mass is 9.70. The Bertz CT molecular complexity index is 914. The molecule has 16 N–H and O–H groups in total. The van der Waals surface area contributed by atoms with Gasteiger partial charge in [0.2, 0.25) is 6.29 Å². The number of Topliss-reactive ketones (excluding diaryl/α,β-unsaturated/α-hetero) is 1. The number of likely N-dealkylation sites (N-methyl/N-ethyl adjacent to an activating group) is 1. The van der Waals surface area contributed by atoms with E-state index < -0.39 is 84.2 Å². The standard InChI is InChI=1S/C25H48N6O10/c1-24(37)10-38-23(17(35)19(24)31-2)41-21-16(34)18(13(29)9-25(21,30)20(36)14(33)5-7-26)40-22-12(28)3-4-15(39-22)11(27)6-8-32/h4,11-14,16-19,21-23,31-35,37H,3,5-10,26-30H2,1-2H3/t11?,12-,13+,14+,16+,17-,18-,19-,21-,22-,23-,24+,25+/m1/s1. The summed E-state index contributed by atoms with van der Waals surface area (Å²) < 4.78 is 23.5. The third kappa shape index (κ3) is 7.25. The van der Waals surface area contributed by atoms with Gasteiger partial charge in [0.15, 0.2) is 12.1 Å². The first kappa shape index (κ1) is 34.1. The van der Waals surface area contributed by atoms with Crippen molar-refractivity contribution in [1.82, 2.24) is 5.32 Å². The summed E-state index contributed by atoms with van der Waals surface area (Å²) in [5, 5.41) is 55.7. The number of nitrogens with one attached hydrogen (secondary N) is 1. The molecule has 0 bridgehead atoms. The van der Waals surface area contributed by atoms with E-state index in [4.69, 9.17) is 47.6 Å². The van der Waals surface area contributed by atoms with E-state index in [2.05, 4.69) is 5.32 Å². The van der Waals surface area contributed by atoms with Gasteiger partial charge in [-0.05, 0) is 52.3 Å². The third-order valence-electron chi connectivity index (χ3n) is 8.06. The molecule has 0 spiro atoms. The topological polar surface area (TPSA) is 297 Å². The summed E-state index contributed by atoms with van der Waals surface area (Å²) in [5.41, 5.74) is 27.3. The molecule has 16 heteroatoms. The van der Waals surface area contributed by atoms with E-state index in [9.17, 15) is 30.3 Å². The number of aliphatic hydroxyl groups is 5. The molecule has 2 heterocycles. The number of ether oxygens (including phenoxy) is 4. The second kappa shape index (κ2) is 14.0. The number of ketones is 1. The van der Waals surface area contributed by atoms with Gasteiger partial charge in [0.25, 0.3) is 0 Å². The number of nitrogens with two attached hydrogens (primary N) is 5. The molecule has 1 saturated heterocycles. The van der Waals surface area contributed by atoms with E-state index in [1.807, 2.05) is 0 Å². The van der Waals surface area contributed by atoms with Crippen molar-refractivity contribution in [2.24, 2.45) is 28.7 Å². The van der Waals surface area contributed by atoms with Crippen molar-refractivity contribution in [2.75, 3.05) is 26.8 Å². The van der Waals surface area contributed by atoms with Crippen LogP contribution in [0.1, 0.15) is 32.6 Å². The molecular formula is C25H48N6O10. The van der Waals surface area contributed by atoms with Gasteiger partial charge in [0.05, 0.1) is 24.7 Å². The molecule has 2 aliphatic heterocycles. The average molecular weight is 593 g/mol. The van der Waals surface area contributed by atoms with E-state index in [1.165, 1.54) is 14.0 Å².